The first-order valence-corrected chi connectivity index (χ1v) is 5.68. The van der Waals surface area contributed by atoms with Crippen LogP contribution in [0, 0.1) is 17.3 Å². The molecule has 1 aliphatic carbocycles. The molecule has 0 heterocycles. The van der Waals surface area contributed by atoms with Crippen molar-refractivity contribution >= 4 is 19.6 Å². The van der Waals surface area contributed by atoms with Crippen molar-refractivity contribution in [2.45, 2.75) is 39.9 Å². The fraction of sp³-hybridized carbons (Fsp3) is 0.833. The van der Waals surface area contributed by atoms with Crippen LogP contribution in [0.5, 0.6) is 0 Å². The summed E-state index contributed by atoms with van der Waals surface area (Å²) in [6.07, 6.45) is 3.72. The summed E-state index contributed by atoms with van der Waals surface area (Å²) in [5, 5.41) is 0. The van der Waals surface area contributed by atoms with Gasteiger partial charge in [0.1, 0.15) is 0 Å². The van der Waals surface area contributed by atoms with Crippen LogP contribution in [0.15, 0.2) is 4.99 Å². The molecule has 0 amide bonds. The molecular formula is C12H22BN. The third-order valence-electron chi connectivity index (χ3n) is 3.82. The summed E-state index contributed by atoms with van der Waals surface area (Å²) in [6, 6.07) is 0. The van der Waals surface area contributed by atoms with E-state index in [-0.39, 0.29) is 0 Å². The van der Waals surface area contributed by atoms with Crippen LogP contribution in [0.4, 0.5) is 0 Å². The summed E-state index contributed by atoms with van der Waals surface area (Å²) in [4.78, 5) is 3.82. The van der Waals surface area contributed by atoms with E-state index in [9.17, 15) is 0 Å². The SMILES string of the molecule is C=NCCB=CCC1CC1(C)C(C)C. The third-order valence-corrected chi connectivity index (χ3v) is 3.82. The Morgan fingerprint density at radius 3 is 2.86 bits per heavy atom. The van der Waals surface area contributed by atoms with Crippen molar-refractivity contribution in [2.24, 2.45) is 22.2 Å². The Hall–Kier alpha value is -0.395. The summed E-state index contributed by atoms with van der Waals surface area (Å²) >= 11 is 0. The molecule has 1 nitrogen and oxygen atoms in total. The van der Waals surface area contributed by atoms with Gasteiger partial charge in [-0.05, 0) is 0 Å². The minimum atomic E-state index is 0.626. The van der Waals surface area contributed by atoms with Crippen molar-refractivity contribution in [3.05, 3.63) is 0 Å². The summed E-state index contributed by atoms with van der Waals surface area (Å²) in [7, 11) is 0. The molecule has 1 rings (SSSR count). The first-order valence-electron chi connectivity index (χ1n) is 5.68. The summed E-state index contributed by atoms with van der Waals surface area (Å²) in [6.45, 7) is 13.7. The van der Waals surface area contributed by atoms with E-state index in [0.29, 0.717) is 5.41 Å². The number of nitrogens with zero attached hydrogens (tertiary/aromatic N) is 1. The van der Waals surface area contributed by atoms with Crippen molar-refractivity contribution in [1.29, 1.82) is 0 Å². The molecular weight excluding hydrogens is 169 g/mol. The van der Waals surface area contributed by atoms with Gasteiger partial charge in [0.25, 0.3) is 0 Å². The zero-order chi connectivity index (χ0) is 10.6. The van der Waals surface area contributed by atoms with E-state index in [1.165, 1.54) is 12.8 Å². The maximum absolute atomic E-state index is 3.82. The Balaban J connectivity index is 2.16. The average molecular weight is 191 g/mol. The standard InChI is InChI=1S/C12H22BN/c1-10(2)12(3)9-11(12)5-6-13-7-8-14-4/h6,10-11H,4-5,7-9H2,1-3H3. The van der Waals surface area contributed by atoms with Crippen LogP contribution in [0.1, 0.15) is 33.6 Å². The predicted molar refractivity (Wildman–Crippen MR) is 66.7 cm³/mol. The van der Waals surface area contributed by atoms with E-state index < -0.39 is 0 Å². The predicted octanol–water partition coefficient (Wildman–Crippen LogP) is 2.68. The second-order valence-corrected chi connectivity index (χ2v) is 5.00. The van der Waals surface area contributed by atoms with E-state index in [0.717, 1.165) is 24.7 Å². The fourth-order valence-corrected chi connectivity index (χ4v) is 2.08. The molecule has 0 saturated heterocycles. The van der Waals surface area contributed by atoms with E-state index in [1.54, 1.807) is 0 Å². The van der Waals surface area contributed by atoms with Gasteiger partial charge < -0.3 is 0 Å². The third kappa shape index (κ3) is 2.80. The van der Waals surface area contributed by atoms with Gasteiger partial charge in [0.2, 0.25) is 0 Å². The molecule has 1 fully saturated rings. The van der Waals surface area contributed by atoms with Gasteiger partial charge >= 0.3 is 88.3 Å². The fourth-order valence-electron chi connectivity index (χ4n) is 2.08. The molecule has 78 valence electrons. The molecule has 0 aromatic rings. The summed E-state index contributed by atoms with van der Waals surface area (Å²) < 4.78 is 0. The van der Waals surface area contributed by atoms with Crippen molar-refractivity contribution in [1.82, 2.24) is 0 Å². The van der Waals surface area contributed by atoms with Gasteiger partial charge in [0.15, 0.2) is 0 Å². The van der Waals surface area contributed by atoms with Gasteiger partial charge in [-0.15, -0.1) is 0 Å². The van der Waals surface area contributed by atoms with Gasteiger partial charge in [0, 0.05) is 0 Å². The zero-order valence-corrected chi connectivity index (χ0v) is 9.79. The molecule has 2 atom stereocenters. The molecule has 1 aliphatic rings. The number of hydrogen-bond donors (Lipinski definition) is 0. The molecule has 0 radical (unpaired) electrons. The Labute approximate surface area is 88.9 Å². The molecule has 14 heavy (non-hydrogen) atoms. The maximum atomic E-state index is 3.82. The molecule has 0 aromatic heterocycles. The molecule has 0 aliphatic heterocycles. The Morgan fingerprint density at radius 2 is 2.36 bits per heavy atom. The summed E-state index contributed by atoms with van der Waals surface area (Å²) in [5.74, 6) is 4.08. The van der Waals surface area contributed by atoms with Crippen LogP contribution in [0.3, 0.4) is 0 Å². The Morgan fingerprint density at radius 1 is 1.64 bits per heavy atom. The molecule has 2 unspecified atom stereocenters. The topological polar surface area (TPSA) is 12.4 Å². The number of aliphatic imine (C=N–C) groups is 1. The second kappa shape index (κ2) is 4.90. The van der Waals surface area contributed by atoms with E-state index in [1.807, 2.05) is 0 Å². The van der Waals surface area contributed by atoms with Crippen molar-refractivity contribution in [2.75, 3.05) is 6.54 Å². The van der Waals surface area contributed by atoms with Crippen molar-refractivity contribution < 1.29 is 0 Å². The molecule has 0 spiro atoms. The Kier molecular flexibility index (Phi) is 4.09. The summed E-state index contributed by atoms with van der Waals surface area (Å²) in [5.41, 5.74) is 0.626. The molecule has 1 saturated carbocycles. The van der Waals surface area contributed by atoms with Gasteiger partial charge in [-0.3, -0.25) is 0 Å². The van der Waals surface area contributed by atoms with Crippen LogP contribution >= 0.6 is 0 Å². The van der Waals surface area contributed by atoms with Crippen LogP contribution in [0.2, 0.25) is 6.32 Å². The first-order chi connectivity index (χ1) is 6.61. The van der Waals surface area contributed by atoms with Crippen LogP contribution in [-0.2, 0) is 0 Å². The molecule has 2 heteroatoms. The number of rotatable bonds is 6. The molecule has 0 N–H and O–H groups in total. The van der Waals surface area contributed by atoms with E-state index >= 15 is 0 Å². The van der Waals surface area contributed by atoms with Gasteiger partial charge in [0.05, 0.1) is 0 Å². The molecule has 0 bridgehead atoms. The van der Waals surface area contributed by atoms with Crippen LogP contribution < -0.4 is 0 Å². The van der Waals surface area contributed by atoms with E-state index in [2.05, 4.69) is 45.4 Å². The Bertz CT molecular complexity index is 222. The zero-order valence-electron chi connectivity index (χ0n) is 9.79. The normalized spacial score (nSPS) is 30.7. The van der Waals surface area contributed by atoms with Crippen molar-refractivity contribution in [3.8, 4) is 0 Å². The molecule has 0 aromatic carbocycles. The quantitative estimate of drug-likeness (QED) is 0.347. The number of hydrogen-bond acceptors (Lipinski definition) is 1. The monoisotopic (exact) mass is 191 g/mol. The second-order valence-electron chi connectivity index (χ2n) is 5.00. The van der Waals surface area contributed by atoms with Crippen molar-refractivity contribution in [3.63, 3.8) is 0 Å². The van der Waals surface area contributed by atoms with Crippen LogP contribution in [-0.4, -0.2) is 26.1 Å². The van der Waals surface area contributed by atoms with Gasteiger partial charge in [-0.2, -0.15) is 0 Å². The van der Waals surface area contributed by atoms with Gasteiger partial charge in [-0.1, -0.05) is 0 Å². The minimum absolute atomic E-state index is 0.626. The van der Waals surface area contributed by atoms with E-state index in [4.69, 9.17) is 0 Å². The first kappa shape index (κ1) is 11.7. The average Bonchev–Trinajstić information content (AvgIpc) is 2.79. The van der Waals surface area contributed by atoms with Gasteiger partial charge in [-0.25, -0.2) is 0 Å². The van der Waals surface area contributed by atoms with Crippen LogP contribution in [0.25, 0.3) is 0 Å².